The summed E-state index contributed by atoms with van der Waals surface area (Å²) >= 11 is 5.14. The average molecular weight is 283 g/mol. The predicted molar refractivity (Wildman–Crippen MR) is 84.5 cm³/mol. The largest absolute Gasteiger partial charge is 0.383 e. The summed E-state index contributed by atoms with van der Waals surface area (Å²) in [6.07, 6.45) is 9.36. The van der Waals surface area contributed by atoms with Crippen LogP contribution in [0, 0.1) is 0 Å². The minimum absolute atomic E-state index is 0.560. The standard InChI is InChI=1S/C14H25N3OS/c1-3-4-5-7-12-8-6-9-13(12)16-17-14(19)15-10-11-18-2/h8H,3-7,9-11H2,1-2H3,(H2,15,17,19)/b16-13+. The number of ether oxygens (including phenoxy) is 1. The number of methoxy groups -OCH3 is 1. The third-order valence-electron chi connectivity index (χ3n) is 3.08. The molecule has 5 heteroatoms. The number of hydrogen-bond donors (Lipinski definition) is 2. The van der Waals surface area contributed by atoms with Crippen molar-refractivity contribution in [3.8, 4) is 0 Å². The van der Waals surface area contributed by atoms with E-state index in [0.717, 1.165) is 25.0 Å². The summed E-state index contributed by atoms with van der Waals surface area (Å²) in [6, 6.07) is 0. The fourth-order valence-electron chi connectivity index (χ4n) is 2.03. The molecule has 0 heterocycles. The van der Waals surface area contributed by atoms with Crippen molar-refractivity contribution in [2.45, 2.75) is 45.4 Å². The molecule has 0 saturated heterocycles. The Kier molecular flexibility index (Phi) is 8.41. The van der Waals surface area contributed by atoms with Gasteiger partial charge in [-0.2, -0.15) is 5.10 Å². The van der Waals surface area contributed by atoms with E-state index in [-0.39, 0.29) is 0 Å². The Morgan fingerprint density at radius 1 is 1.47 bits per heavy atom. The van der Waals surface area contributed by atoms with Gasteiger partial charge < -0.3 is 10.1 Å². The molecule has 0 spiro atoms. The molecule has 0 saturated carbocycles. The van der Waals surface area contributed by atoms with Crippen LogP contribution in [0.5, 0.6) is 0 Å². The first-order chi connectivity index (χ1) is 9.27. The summed E-state index contributed by atoms with van der Waals surface area (Å²) in [7, 11) is 1.67. The number of hydrogen-bond acceptors (Lipinski definition) is 3. The predicted octanol–water partition coefficient (Wildman–Crippen LogP) is 2.75. The Balaban J connectivity index is 2.30. The molecule has 19 heavy (non-hydrogen) atoms. The summed E-state index contributed by atoms with van der Waals surface area (Å²) in [6.45, 7) is 3.57. The van der Waals surface area contributed by atoms with Gasteiger partial charge in [0, 0.05) is 13.7 Å². The van der Waals surface area contributed by atoms with Crippen LogP contribution in [0.25, 0.3) is 0 Å². The van der Waals surface area contributed by atoms with Crippen LogP contribution < -0.4 is 10.7 Å². The van der Waals surface area contributed by atoms with E-state index in [2.05, 4.69) is 28.8 Å². The molecular formula is C14H25N3OS. The van der Waals surface area contributed by atoms with Crippen molar-refractivity contribution in [2.24, 2.45) is 5.10 Å². The minimum Gasteiger partial charge on any atom is -0.383 e. The fourth-order valence-corrected chi connectivity index (χ4v) is 2.17. The van der Waals surface area contributed by atoms with Crippen LogP contribution in [0.4, 0.5) is 0 Å². The summed E-state index contributed by atoms with van der Waals surface area (Å²) in [5.74, 6) is 0. The molecule has 0 fully saturated rings. The van der Waals surface area contributed by atoms with Gasteiger partial charge in [0.1, 0.15) is 0 Å². The van der Waals surface area contributed by atoms with Crippen LogP contribution in [0.3, 0.4) is 0 Å². The van der Waals surface area contributed by atoms with Gasteiger partial charge in [0.15, 0.2) is 5.11 Å². The third-order valence-corrected chi connectivity index (χ3v) is 3.31. The Hall–Kier alpha value is -0.940. The molecule has 2 N–H and O–H groups in total. The fraction of sp³-hybridized carbons (Fsp3) is 0.714. The molecule has 0 aromatic carbocycles. The molecule has 1 aliphatic carbocycles. The number of nitrogens with one attached hydrogen (secondary N) is 2. The van der Waals surface area contributed by atoms with Crippen molar-refractivity contribution < 1.29 is 4.74 Å². The number of nitrogens with zero attached hydrogens (tertiary/aromatic N) is 1. The SMILES string of the molecule is CCCCCC1=CCC/C1=N\NC(=S)NCCOC. The lowest BCUT2D eigenvalue weighted by Crippen LogP contribution is -2.34. The zero-order valence-corrected chi connectivity index (χ0v) is 12.8. The molecule has 0 radical (unpaired) electrons. The van der Waals surface area contributed by atoms with Gasteiger partial charge >= 0.3 is 0 Å². The van der Waals surface area contributed by atoms with Crippen LogP contribution in [0.2, 0.25) is 0 Å². The van der Waals surface area contributed by atoms with Gasteiger partial charge in [0.2, 0.25) is 0 Å². The zero-order valence-electron chi connectivity index (χ0n) is 12.0. The molecule has 4 nitrogen and oxygen atoms in total. The van der Waals surface area contributed by atoms with Gasteiger partial charge in [0.05, 0.1) is 12.3 Å². The molecule has 0 amide bonds. The second-order valence-electron chi connectivity index (χ2n) is 4.64. The van der Waals surface area contributed by atoms with Crippen LogP contribution in [0.1, 0.15) is 45.4 Å². The van der Waals surface area contributed by atoms with E-state index in [1.807, 2.05) is 0 Å². The monoisotopic (exact) mass is 283 g/mol. The van der Waals surface area contributed by atoms with E-state index < -0.39 is 0 Å². The first-order valence-electron chi connectivity index (χ1n) is 7.06. The lowest BCUT2D eigenvalue weighted by molar-refractivity contribution is 0.204. The number of thiocarbonyl (C=S) groups is 1. The van der Waals surface area contributed by atoms with Crippen molar-refractivity contribution in [3.05, 3.63) is 11.6 Å². The molecule has 1 rings (SSSR count). The van der Waals surface area contributed by atoms with E-state index >= 15 is 0 Å². The molecule has 1 aliphatic rings. The molecule has 0 aromatic heterocycles. The Morgan fingerprint density at radius 3 is 3.05 bits per heavy atom. The maximum absolute atomic E-state index is 5.14. The molecule has 0 bridgehead atoms. The van der Waals surface area contributed by atoms with Gasteiger partial charge in [-0.25, -0.2) is 0 Å². The maximum Gasteiger partial charge on any atom is 0.187 e. The van der Waals surface area contributed by atoms with Crippen molar-refractivity contribution in [1.82, 2.24) is 10.7 Å². The Morgan fingerprint density at radius 2 is 2.32 bits per heavy atom. The van der Waals surface area contributed by atoms with Crippen molar-refractivity contribution in [3.63, 3.8) is 0 Å². The van der Waals surface area contributed by atoms with Gasteiger partial charge in [-0.3, -0.25) is 5.43 Å². The Labute approximate surface area is 121 Å². The first-order valence-corrected chi connectivity index (χ1v) is 7.47. The van der Waals surface area contributed by atoms with Gasteiger partial charge in [0.25, 0.3) is 0 Å². The van der Waals surface area contributed by atoms with Crippen molar-refractivity contribution >= 4 is 23.0 Å². The first kappa shape index (κ1) is 16.1. The normalized spacial score (nSPS) is 16.5. The van der Waals surface area contributed by atoms with E-state index in [4.69, 9.17) is 17.0 Å². The topological polar surface area (TPSA) is 45.7 Å². The summed E-state index contributed by atoms with van der Waals surface area (Å²) < 4.78 is 4.95. The highest BCUT2D eigenvalue weighted by atomic mass is 32.1. The van der Waals surface area contributed by atoms with E-state index in [0.29, 0.717) is 18.3 Å². The second kappa shape index (κ2) is 9.92. The third kappa shape index (κ3) is 6.68. The highest BCUT2D eigenvalue weighted by Gasteiger charge is 2.12. The van der Waals surface area contributed by atoms with E-state index in [9.17, 15) is 0 Å². The van der Waals surface area contributed by atoms with Crippen molar-refractivity contribution in [1.29, 1.82) is 0 Å². The Bertz CT molecular complexity index is 340. The number of unbranched alkanes of at least 4 members (excludes halogenated alkanes) is 2. The average Bonchev–Trinajstić information content (AvgIpc) is 2.85. The lowest BCUT2D eigenvalue weighted by Gasteiger charge is -2.08. The number of rotatable bonds is 8. The maximum atomic E-state index is 5.14. The highest BCUT2D eigenvalue weighted by molar-refractivity contribution is 7.80. The molecule has 0 unspecified atom stereocenters. The van der Waals surface area contributed by atoms with Crippen LogP contribution in [-0.2, 0) is 4.74 Å². The van der Waals surface area contributed by atoms with Crippen LogP contribution >= 0.6 is 12.2 Å². The number of allylic oxidation sites excluding steroid dienone is 2. The van der Waals surface area contributed by atoms with E-state index in [1.54, 1.807) is 7.11 Å². The summed E-state index contributed by atoms with van der Waals surface area (Å²) in [5.41, 5.74) is 5.46. The summed E-state index contributed by atoms with van der Waals surface area (Å²) in [4.78, 5) is 0. The highest BCUT2D eigenvalue weighted by Crippen LogP contribution is 2.20. The number of hydrazone groups is 1. The van der Waals surface area contributed by atoms with Gasteiger partial charge in [-0.15, -0.1) is 0 Å². The zero-order chi connectivity index (χ0) is 13.9. The van der Waals surface area contributed by atoms with Crippen molar-refractivity contribution in [2.75, 3.05) is 20.3 Å². The second-order valence-corrected chi connectivity index (χ2v) is 5.05. The molecule has 0 atom stereocenters. The summed E-state index contributed by atoms with van der Waals surface area (Å²) in [5, 5.41) is 8.02. The molecular weight excluding hydrogens is 258 g/mol. The minimum atomic E-state index is 0.560. The van der Waals surface area contributed by atoms with Crippen LogP contribution in [0.15, 0.2) is 16.8 Å². The smallest absolute Gasteiger partial charge is 0.187 e. The van der Waals surface area contributed by atoms with Gasteiger partial charge in [-0.1, -0.05) is 25.8 Å². The molecule has 0 aliphatic heterocycles. The lowest BCUT2D eigenvalue weighted by atomic mass is 10.1. The molecule has 108 valence electrons. The molecule has 0 aromatic rings. The van der Waals surface area contributed by atoms with Crippen LogP contribution in [-0.4, -0.2) is 31.1 Å². The van der Waals surface area contributed by atoms with E-state index in [1.165, 1.54) is 24.8 Å². The quantitative estimate of drug-likeness (QED) is 0.408. The van der Waals surface area contributed by atoms with Gasteiger partial charge in [-0.05, 0) is 43.5 Å².